The number of hydrogen-bond donors (Lipinski definition) is 1. The first kappa shape index (κ1) is 14.7. The predicted molar refractivity (Wildman–Crippen MR) is 73.4 cm³/mol. The number of carbonyl (C=O) groups excluding carboxylic acids is 1. The van der Waals surface area contributed by atoms with Gasteiger partial charge in [-0.05, 0) is 30.9 Å². The second-order valence-corrected chi connectivity index (χ2v) is 4.72. The van der Waals surface area contributed by atoms with Gasteiger partial charge >= 0.3 is 0 Å². The summed E-state index contributed by atoms with van der Waals surface area (Å²) in [6.45, 7) is 4.64. The van der Waals surface area contributed by atoms with Crippen LogP contribution in [0.4, 0.5) is 0 Å². The van der Waals surface area contributed by atoms with E-state index in [2.05, 4.69) is 19.1 Å². The number of aliphatic hydroxyl groups excluding tert-OH is 1. The number of likely N-dealkylation sites (N-methyl/N-ethyl adjacent to an activating group) is 1. The van der Waals surface area contributed by atoms with E-state index in [9.17, 15) is 4.79 Å². The monoisotopic (exact) mass is 249 g/mol. The van der Waals surface area contributed by atoms with Crippen LogP contribution in [0.1, 0.15) is 24.5 Å². The predicted octanol–water partition coefficient (Wildman–Crippen LogP) is 2.01. The first-order chi connectivity index (χ1) is 8.60. The van der Waals surface area contributed by atoms with Crippen LogP contribution >= 0.6 is 0 Å². The smallest absolute Gasteiger partial charge is 0.227 e. The van der Waals surface area contributed by atoms with Gasteiger partial charge in [0.1, 0.15) is 0 Å². The van der Waals surface area contributed by atoms with Gasteiger partial charge in [-0.3, -0.25) is 4.79 Å². The van der Waals surface area contributed by atoms with Gasteiger partial charge in [0.25, 0.3) is 0 Å². The summed E-state index contributed by atoms with van der Waals surface area (Å²) >= 11 is 0. The molecule has 1 N–H and O–H groups in total. The zero-order valence-electron chi connectivity index (χ0n) is 11.5. The summed E-state index contributed by atoms with van der Waals surface area (Å²) in [6.07, 6.45) is 1.54. The number of aliphatic hydroxyl groups is 1. The molecule has 1 aromatic rings. The molecule has 0 heterocycles. The number of amides is 1. The molecule has 0 fully saturated rings. The van der Waals surface area contributed by atoms with E-state index in [4.69, 9.17) is 5.11 Å². The van der Waals surface area contributed by atoms with Crippen LogP contribution in [-0.2, 0) is 11.2 Å². The fourth-order valence-corrected chi connectivity index (χ4v) is 1.98. The second kappa shape index (κ2) is 7.17. The number of benzene rings is 1. The van der Waals surface area contributed by atoms with Crippen molar-refractivity contribution in [2.75, 3.05) is 20.2 Å². The van der Waals surface area contributed by atoms with Gasteiger partial charge in [0.15, 0.2) is 0 Å². The molecule has 1 atom stereocenters. The molecule has 0 bridgehead atoms. The van der Waals surface area contributed by atoms with E-state index in [0.29, 0.717) is 13.0 Å². The summed E-state index contributed by atoms with van der Waals surface area (Å²) in [4.78, 5) is 13.7. The van der Waals surface area contributed by atoms with Crippen molar-refractivity contribution in [2.24, 2.45) is 5.92 Å². The van der Waals surface area contributed by atoms with E-state index >= 15 is 0 Å². The van der Waals surface area contributed by atoms with Crippen molar-refractivity contribution < 1.29 is 9.90 Å². The summed E-state index contributed by atoms with van der Waals surface area (Å²) < 4.78 is 0. The van der Waals surface area contributed by atoms with E-state index in [1.807, 2.05) is 19.1 Å². The first-order valence-electron chi connectivity index (χ1n) is 6.50. The third-order valence-corrected chi connectivity index (χ3v) is 3.42. The van der Waals surface area contributed by atoms with Crippen LogP contribution in [0.2, 0.25) is 0 Å². The van der Waals surface area contributed by atoms with Crippen molar-refractivity contribution in [3.63, 3.8) is 0 Å². The molecule has 1 aromatic carbocycles. The molecule has 0 aromatic heterocycles. The van der Waals surface area contributed by atoms with Crippen LogP contribution in [0.25, 0.3) is 0 Å². The molecule has 0 saturated carbocycles. The fourth-order valence-electron chi connectivity index (χ4n) is 1.98. The van der Waals surface area contributed by atoms with Crippen LogP contribution in [-0.4, -0.2) is 36.1 Å². The zero-order chi connectivity index (χ0) is 13.5. The van der Waals surface area contributed by atoms with E-state index < -0.39 is 0 Å². The van der Waals surface area contributed by atoms with Gasteiger partial charge in [-0.25, -0.2) is 0 Å². The molecular formula is C15H23NO2. The molecular weight excluding hydrogens is 226 g/mol. The minimum Gasteiger partial charge on any atom is -0.396 e. The molecule has 1 rings (SSSR count). The molecule has 0 aliphatic heterocycles. The lowest BCUT2D eigenvalue weighted by atomic mass is 10.0. The van der Waals surface area contributed by atoms with Crippen molar-refractivity contribution in [2.45, 2.75) is 26.7 Å². The lowest BCUT2D eigenvalue weighted by Gasteiger charge is -2.22. The van der Waals surface area contributed by atoms with Gasteiger partial charge < -0.3 is 10.0 Å². The highest BCUT2D eigenvalue weighted by Crippen LogP contribution is 2.10. The summed E-state index contributed by atoms with van der Waals surface area (Å²) in [6, 6.07) is 8.22. The topological polar surface area (TPSA) is 40.5 Å². The average molecular weight is 249 g/mol. The van der Waals surface area contributed by atoms with Crippen molar-refractivity contribution in [3.05, 3.63) is 35.4 Å². The highest BCUT2D eigenvalue weighted by molar-refractivity contribution is 5.78. The lowest BCUT2D eigenvalue weighted by molar-refractivity contribution is -0.135. The van der Waals surface area contributed by atoms with Crippen LogP contribution in [0.3, 0.4) is 0 Å². The molecule has 0 saturated heterocycles. The van der Waals surface area contributed by atoms with Crippen molar-refractivity contribution in [1.29, 1.82) is 0 Å². The van der Waals surface area contributed by atoms with Crippen molar-refractivity contribution in [1.82, 2.24) is 4.90 Å². The first-order valence-corrected chi connectivity index (χ1v) is 6.50. The maximum atomic E-state index is 12.0. The maximum absolute atomic E-state index is 12.0. The Morgan fingerprint density at radius 1 is 1.39 bits per heavy atom. The Balaban J connectivity index is 2.53. The summed E-state index contributed by atoms with van der Waals surface area (Å²) in [5, 5.41) is 9.13. The van der Waals surface area contributed by atoms with Crippen molar-refractivity contribution >= 4 is 5.91 Å². The van der Waals surface area contributed by atoms with Crippen molar-refractivity contribution in [3.8, 4) is 0 Å². The molecule has 0 radical (unpaired) electrons. The Kier molecular flexibility index (Phi) is 5.86. The molecule has 3 nitrogen and oxygen atoms in total. The Hall–Kier alpha value is -1.35. The summed E-state index contributed by atoms with van der Waals surface area (Å²) in [7, 11) is 1.80. The number of rotatable bonds is 6. The van der Waals surface area contributed by atoms with Gasteiger partial charge in [0.2, 0.25) is 5.91 Å². The van der Waals surface area contributed by atoms with Gasteiger partial charge in [0, 0.05) is 13.6 Å². The molecule has 1 unspecified atom stereocenters. The highest BCUT2D eigenvalue weighted by Gasteiger charge is 2.19. The Morgan fingerprint density at radius 2 is 2.06 bits per heavy atom. The quantitative estimate of drug-likeness (QED) is 0.838. The molecule has 0 aliphatic rings. The lowest BCUT2D eigenvalue weighted by Crippen LogP contribution is -2.35. The van der Waals surface area contributed by atoms with Gasteiger partial charge in [0.05, 0.1) is 12.5 Å². The number of carbonyl (C=O) groups is 1. The maximum Gasteiger partial charge on any atom is 0.227 e. The number of nitrogens with zero attached hydrogens (tertiary/aromatic N) is 1. The molecule has 0 spiro atoms. The summed E-state index contributed by atoms with van der Waals surface area (Å²) in [5.41, 5.74) is 2.53. The van der Waals surface area contributed by atoms with E-state index in [1.165, 1.54) is 11.1 Å². The Labute approximate surface area is 109 Å². The van der Waals surface area contributed by atoms with Crippen LogP contribution < -0.4 is 0 Å². The molecule has 100 valence electrons. The minimum atomic E-state index is -0.258. The van der Waals surface area contributed by atoms with E-state index in [0.717, 1.165) is 6.42 Å². The fraction of sp³-hybridized carbons (Fsp3) is 0.533. The second-order valence-electron chi connectivity index (χ2n) is 4.72. The van der Waals surface area contributed by atoms with E-state index in [-0.39, 0.29) is 18.4 Å². The van der Waals surface area contributed by atoms with E-state index in [1.54, 1.807) is 11.9 Å². The highest BCUT2D eigenvalue weighted by atomic mass is 16.3. The molecule has 18 heavy (non-hydrogen) atoms. The Bertz CT molecular complexity index is 386. The Morgan fingerprint density at radius 3 is 2.61 bits per heavy atom. The van der Waals surface area contributed by atoms with Crippen LogP contribution in [0.5, 0.6) is 0 Å². The largest absolute Gasteiger partial charge is 0.396 e. The minimum absolute atomic E-state index is 0.0357. The molecule has 0 aliphatic carbocycles. The number of hydrogen-bond acceptors (Lipinski definition) is 2. The summed E-state index contributed by atoms with van der Waals surface area (Å²) in [5.74, 6) is -0.222. The van der Waals surface area contributed by atoms with Gasteiger partial charge in [-0.15, -0.1) is 0 Å². The number of aryl methyl sites for hydroxylation is 1. The van der Waals surface area contributed by atoms with Gasteiger partial charge in [-0.1, -0.05) is 31.2 Å². The SMILES string of the molecule is CCC(CO)C(=O)N(C)CCc1ccccc1C. The average Bonchev–Trinajstić information content (AvgIpc) is 2.38. The molecule has 1 amide bonds. The third kappa shape index (κ3) is 3.84. The van der Waals surface area contributed by atoms with Crippen LogP contribution in [0.15, 0.2) is 24.3 Å². The zero-order valence-corrected chi connectivity index (χ0v) is 11.5. The third-order valence-electron chi connectivity index (χ3n) is 3.42. The van der Waals surface area contributed by atoms with Gasteiger partial charge in [-0.2, -0.15) is 0 Å². The normalized spacial score (nSPS) is 12.2. The van der Waals surface area contributed by atoms with Crippen LogP contribution in [0, 0.1) is 12.8 Å². The standard InChI is InChI=1S/C15H23NO2/c1-4-13(11-17)15(18)16(3)10-9-14-8-6-5-7-12(14)2/h5-8,13,17H,4,9-11H2,1-3H3. The molecule has 3 heteroatoms.